The third-order valence-electron chi connectivity index (χ3n) is 6.35. The van der Waals surface area contributed by atoms with Gasteiger partial charge < -0.3 is 21.1 Å². The molecule has 0 saturated carbocycles. The lowest BCUT2D eigenvalue weighted by Crippen LogP contribution is -2.43. The van der Waals surface area contributed by atoms with Crippen LogP contribution in [-0.2, 0) is 22.5 Å². The van der Waals surface area contributed by atoms with Crippen LogP contribution in [0.25, 0.3) is 0 Å². The zero-order chi connectivity index (χ0) is 28.0. The Morgan fingerprint density at radius 1 is 1.05 bits per heavy atom. The van der Waals surface area contributed by atoms with E-state index in [4.69, 9.17) is 10.5 Å². The number of likely N-dealkylation sites (tertiary alicyclic amines) is 1. The number of hydrogen-bond acceptors (Lipinski definition) is 7. The predicted molar refractivity (Wildman–Crippen MR) is 151 cm³/mol. The summed E-state index contributed by atoms with van der Waals surface area (Å²) in [6, 6.07) is 18.6. The summed E-state index contributed by atoms with van der Waals surface area (Å²) in [7, 11) is 0. The number of pyridine rings is 1. The van der Waals surface area contributed by atoms with Gasteiger partial charge in [-0.3, -0.25) is 14.5 Å². The van der Waals surface area contributed by atoms with Crippen LogP contribution in [0.15, 0.2) is 66.9 Å². The Kier molecular flexibility index (Phi) is 8.49. The minimum atomic E-state index is -0.607. The molecule has 0 unspecified atom stereocenters. The van der Waals surface area contributed by atoms with Gasteiger partial charge in [0.1, 0.15) is 11.4 Å². The highest BCUT2D eigenvalue weighted by molar-refractivity contribution is 5.98. The van der Waals surface area contributed by atoms with Crippen molar-refractivity contribution < 1.29 is 19.1 Å². The topological polar surface area (TPSA) is 127 Å². The molecule has 1 fully saturated rings. The van der Waals surface area contributed by atoms with Crippen molar-refractivity contribution in [2.45, 2.75) is 58.2 Å². The number of ketones is 1. The second kappa shape index (κ2) is 12.0. The second-order valence-electron chi connectivity index (χ2n) is 10.6. The molecule has 1 aliphatic heterocycles. The highest BCUT2D eigenvalue weighted by atomic mass is 16.6. The first-order chi connectivity index (χ1) is 18.6. The summed E-state index contributed by atoms with van der Waals surface area (Å²) in [5.41, 5.74) is 8.51. The average Bonchev–Trinajstić information content (AvgIpc) is 3.39. The molecule has 0 bridgehead atoms. The molecule has 39 heavy (non-hydrogen) atoms. The predicted octanol–water partition coefficient (Wildman–Crippen LogP) is 5.05. The lowest BCUT2D eigenvalue weighted by molar-refractivity contribution is -0.122. The number of amides is 2. The first-order valence-corrected chi connectivity index (χ1v) is 13.0. The molecule has 2 amide bonds. The van der Waals surface area contributed by atoms with E-state index in [1.807, 2.05) is 75.4 Å². The Hall–Kier alpha value is -4.40. The van der Waals surface area contributed by atoms with Gasteiger partial charge in [-0.2, -0.15) is 0 Å². The van der Waals surface area contributed by atoms with Crippen LogP contribution in [-0.4, -0.2) is 45.9 Å². The standard InChI is InChI=1S/C30H35N5O4/c1-30(2,3)39-29(38)35-15-7-10-25(35)26(36)16-20-11-13-22(14-12-20)34-27-17-24(23(19-33-27)28(31)37)32-18-21-8-5-4-6-9-21/h4-6,8-9,11-14,17,19,25H,7,10,15-16,18H2,1-3H3,(H2,31,37)(H2,32,33,34)/t25-/m0/s1. The minimum Gasteiger partial charge on any atom is -0.444 e. The lowest BCUT2D eigenvalue weighted by atomic mass is 10.0. The number of nitrogens with zero attached hydrogens (tertiary/aromatic N) is 2. The monoisotopic (exact) mass is 529 g/mol. The Bertz CT molecular complexity index is 1320. The van der Waals surface area contributed by atoms with Gasteiger partial charge >= 0.3 is 6.09 Å². The number of Topliss-reactive ketones (excluding diaryl/α,β-unsaturated/α-hetero) is 1. The Morgan fingerprint density at radius 2 is 1.77 bits per heavy atom. The van der Waals surface area contributed by atoms with Gasteiger partial charge in [0.2, 0.25) is 0 Å². The van der Waals surface area contributed by atoms with Crippen molar-refractivity contribution in [2.24, 2.45) is 5.73 Å². The molecule has 9 nitrogen and oxygen atoms in total. The van der Waals surface area contributed by atoms with Gasteiger partial charge in [0, 0.05) is 37.5 Å². The smallest absolute Gasteiger partial charge is 0.410 e. The number of rotatable bonds is 9. The zero-order valence-electron chi connectivity index (χ0n) is 22.6. The van der Waals surface area contributed by atoms with E-state index in [2.05, 4.69) is 15.6 Å². The molecule has 2 aromatic carbocycles. The normalized spacial score (nSPS) is 15.1. The Morgan fingerprint density at radius 3 is 2.44 bits per heavy atom. The molecular formula is C30H35N5O4. The highest BCUT2D eigenvalue weighted by Crippen LogP contribution is 2.25. The van der Waals surface area contributed by atoms with Gasteiger partial charge in [-0.05, 0) is 56.9 Å². The summed E-state index contributed by atoms with van der Waals surface area (Å²) in [5.74, 6) is -0.0265. The van der Waals surface area contributed by atoms with Gasteiger partial charge in [0.25, 0.3) is 5.91 Å². The molecule has 204 valence electrons. The van der Waals surface area contributed by atoms with Crippen molar-refractivity contribution in [3.63, 3.8) is 0 Å². The van der Waals surface area contributed by atoms with Crippen molar-refractivity contribution >= 4 is 35.0 Å². The molecule has 4 N–H and O–H groups in total. The lowest BCUT2D eigenvalue weighted by Gasteiger charge is -2.28. The number of carbonyl (C=O) groups excluding carboxylic acids is 3. The van der Waals surface area contributed by atoms with Crippen LogP contribution >= 0.6 is 0 Å². The fraction of sp³-hybridized carbons (Fsp3) is 0.333. The Labute approximate surface area is 228 Å². The van der Waals surface area contributed by atoms with Crippen molar-refractivity contribution in [1.29, 1.82) is 0 Å². The molecule has 1 saturated heterocycles. The number of primary amides is 1. The number of ether oxygens (including phenoxy) is 1. The molecular weight excluding hydrogens is 494 g/mol. The number of nitrogens with two attached hydrogens (primary N) is 1. The van der Waals surface area contributed by atoms with E-state index < -0.39 is 23.6 Å². The number of benzene rings is 2. The number of carbonyl (C=O) groups is 3. The van der Waals surface area contributed by atoms with Crippen LogP contribution < -0.4 is 16.4 Å². The van der Waals surface area contributed by atoms with E-state index in [1.165, 1.54) is 6.20 Å². The summed E-state index contributed by atoms with van der Waals surface area (Å²) in [5, 5.41) is 6.49. The van der Waals surface area contributed by atoms with E-state index in [0.717, 1.165) is 23.2 Å². The molecule has 1 atom stereocenters. The highest BCUT2D eigenvalue weighted by Gasteiger charge is 2.36. The molecule has 1 aliphatic rings. The van der Waals surface area contributed by atoms with Gasteiger partial charge in [-0.15, -0.1) is 0 Å². The first kappa shape index (κ1) is 27.6. The molecule has 4 rings (SSSR count). The van der Waals surface area contributed by atoms with Crippen LogP contribution in [0.2, 0.25) is 0 Å². The van der Waals surface area contributed by atoms with Crippen LogP contribution in [0, 0.1) is 0 Å². The number of hydrogen-bond donors (Lipinski definition) is 3. The third kappa shape index (κ3) is 7.56. The molecule has 0 spiro atoms. The van der Waals surface area contributed by atoms with Gasteiger partial charge in [0.05, 0.1) is 17.3 Å². The third-order valence-corrected chi connectivity index (χ3v) is 6.35. The maximum absolute atomic E-state index is 13.0. The molecule has 0 radical (unpaired) electrons. The van der Waals surface area contributed by atoms with Crippen LogP contribution in [0.5, 0.6) is 0 Å². The summed E-state index contributed by atoms with van der Waals surface area (Å²) < 4.78 is 5.48. The van der Waals surface area contributed by atoms with E-state index in [9.17, 15) is 14.4 Å². The van der Waals surface area contributed by atoms with E-state index in [-0.39, 0.29) is 12.2 Å². The zero-order valence-corrected chi connectivity index (χ0v) is 22.6. The fourth-order valence-corrected chi connectivity index (χ4v) is 4.47. The fourth-order valence-electron chi connectivity index (χ4n) is 4.47. The number of anilines is 3. The number of aromatic nitrogens is 1. The second-order valence-corrected chi connectivity index (χ2v) is 10.6. The maximum atomic E-state index is 13.0. The van der Waals surface area contributed by atoms with Crippen molar-refractivity contribution in [2.75, 3.05) is 17.2 Å². The van der Waals surface area contributed by atoms with Crippen molar-refractivity contribution in [3.8, 4) is 0 Å². The summed E-state index contributed by atoms with van der Waals surface area (Å²) >= 11 is 0. The molecule has 0 aliphatic carbocycles. The van der Waals surface area contributed by atoms with E-state index >= 15 is 0 Å². The first-order valence-electron chi connectivity index (χ1n) is 13.0. The SMILES string of the molecule is CC(C)(C)OC(=O)N1CCC[C@H]1C(=O)Cc1ccc(Nc2cc(NCc3ccccc3)c(C(N)=O)cn2)cc1. The number of nitrogens with one attached hydrogen (secondary N) is 2. The molecule has 2 heterocycles. The summed E-state index contributed by atoms with van der Waals surface area (Å²) in [4.78, 5) is 43.4. The van der Waals surface area contributed by atoms with Crippen LogP contribution in [0.4, 0.5) is 22.0 Å². The largest absolute Gasteiger partial charge is 0.444 e. The summed E-state index contributed by atoms with van der Waals surface area (Å²) in [6.07, 6.45) is 2.66. The van der Waals surface area contributed by atoms with Crippen molar-refractivity contribution in [1.82, 2.24) is 9.88 Å². The van der Waals surface area contributed by atoms with E-state index in [1.54, 1.807) is 11.0 Å². The van der Waals surface area contributed by atoms with Gasteiger partial charge in [-0.25, -0.2) is 9.78 Å². The quantitative estimate of drug-likeness (QED) is 0.354. The van der Waals surface area contributed by atoms with Crippen LogP contribution in [0.1, 0.15) is 55.1 Å². The molecule has 3 aromatic rings. The summed E-state index contributed by atoms with van der Waals surface area (Å²) in [6.45, 7) is 6.50. The maximum Gasteiger partial charge on any atom is 0.410 e. The molecule has 1 aromatic heterocycles. The Balaban J connectivity index is 1.39. The molecule has 9 heteroatoms. The van der Waals surface area contributed by atoms with E-state index in [0.29, 0.717) is 36.6 Å². The van der Waals surface area contributed by atoms with Gasteiger partial charge in [0.15, 0.2) is 5.78 Å². The van der Waals surface area contributed by atoms with Crippen molar-refractivity contribution in [3.05, 3.63) is 83.6 Å². The van der Waals surface area contributed by atoms with Gasteiger partial charge in [-0.1, -0.05) is 42.5 Å². The minimum absolute atomic E-state index is 0.00286. The average molecular weight is 530 g/mol. The van der Waals surface area contributed by atoms with Crippen LogP contribution in [0.3, 0.4) is 0 Å².